The number of rotatable bonds is 3. The molecule has 0 unspecified atom stereocenters. The molecular formula is C16H23ClN3O+. The maximum atomic E-state index is 12.2. The Morgan fingerprint density at radius 3 is 2.67 bits per heavy atom. The monoisotopic (exact) mass is 308 g/mol. The van der Waals surface area contributed by atoms with E-state index in [0.717, 1.165) is 50.4 Å². The van der Waals surface area contributed by atoms with Gasteiger partial charge in [0.15, 0.2) is 0 Å². The van der Waals surface area contributed by atoms with E-state index in [9.17, 15) is 4.79 Å². The van der Waals surface area contributed by atoms with Crippen molar-refractivity contribution < 1.29 is 9.69 Å². The van der Waals surface area contributed by atoms with Crippen LogP contribution < -0.4 is 15.1 Å². The quantitative estimate of drug-likeness (QED) is 0.886. The summed E-state index contributed by atoms with van der Waals surface area (Å²) < 4.78 is 0. The zero-order chi connectivity index (χ0) is 14.8. The first-order chi connectivity index (χ1) is 10.1. The molecule has 1 aliphatic heterocycles. The molecule has 2 N–H and O–H groups in total. The Morgan fingerprint density at radius 2 is 2.05 bits per heavy atom. The van der Waals surface area contributed by atoms with Crippen molar-refractivity contribution in [2.75, 3.05) is 43.4 Å². The number of carbonyl (C=O) groups excluding carboxylic acids is 1. The number of hydrogen-bond acceptors (Lipinski definition) is 2. The van der Waals surface area contributed by atoms with Crippen LogP contribution >= 0.6 is 11.6 Å². The van der Waals surface area contributed by atoms with E-state index in [1.54, 1.807) is 4.90 Å². The van der Waals surface area contributed by atoms with Crippen LogP contribution in [0.5, 0.6) is 0 Å². The Morgan fingerprint density at radius 1 is 1.33 bits per heavy atom. The molecule has 1 aliphatic carbocycles. The number of nitrogens with one attached hydrogen (secondary N) is 2. The van der Waals surface area contributed by atoms with E-state index in [1.165, 1.54) is 6.42 Å². The van der Waals surface area contributed by atoms with Gasteiger partial charge in [-0.1, -0.05) is 18.0 Å². The van der Waals surface area contributed by atoms with Gasteiger partial charge in [-0.3, -0.25) is 4.79 Å². The Balaban J connectivity index is 1.77. The van der Waals surface area contributed by atoms with Gasteiger partial charge in [0.05, 0.1) is 44.6 Å². The van der Waals surface area contributed by atoms with E-state index >= 15 is 0 Å². The van der Waals surface area contributed by atoms with Crippen molar-refractivity contribution in [3.63, 3.8) is 0 Å². The maximum Gasteiger partial charge on any atom is 0.227 e. The van der Waals surface area contributed by atoms with Gasteiger partial charge in [-0.2, -0.15) is 0 Å². The average molecular weight is 309 g/mol. The Kier molecular flexibility index (Phi) is 4.36. The van der Waals surface area contributed by atoms with Gasteiger partial charge in [0.1, 0.15) is 0 Å². The summed E-state index contributed by atoms with van der Waals surface area (Å²) in [5.74, 6) is 0.332. The normalized spacial score (nSPS) is 20.2. The van der Waals surface area contributed by atoms with Crippen LogP contribution in [-0.4, -0.2) is 39.1 Å². The number of anilines is 2. The predicted molar refractivity (Wildman–Crippen MR) is 86.3 cm³/mol. The lowest BCUT2D eigenvalue weighted by Gasteiger charge is -2.33. The van der Waals surface area contributed by atoms with Gasteiger partial charge < -0.3 is 15.1 Å². The third-order valence-electron chi connectivity index (χ3n) is 4.65. The lowest BCUT2D eigenvalue weighted by molar-refractivity contribution is -0.880. The Hall–Kier alpha value is -1.26. The van der Waals surface area contributed by atoms with Crippen LogP contribution in [0.4, 0.5) is 11.4 Å². The molecule has 2 fully saturated rings. The fourth-order valence-corrected chi connectivity index (χ4v) is 3.09. The third-order valence-corrected chi connectivity index (χ3v) is 4.89. The molecule has 0 radical (unpaired) electrons. The van der Waals surface area contributed by atoms with Crippen LogP contribution in [0.1, 0.15) is 19.3 Å². The van der Waals surface area contributed by atoms with Gasteiger partial charge in [-0.15, -0.1) is 0 Å². The van der Waals surface area contributed by atoms with Gasteiger partial charge in [-0.25, -0.2) is 0 Å². The van der Waals surface area contributed by atoms with Crippen LogP contribution in [0.15, 0.2) is 18.2 Å². The summed E-state index contributed by atoms with van der Waals surface area (Å²) in [6.45, 7) is 4.27. The molecule has 2 aliphatic rings. The van der Waals surface area contributed by atoms with Gasteiger partial charge in [-0.05, 0) is 31.0 Å². The van der Waals surface area contributed by atoms with Crippen molar-refractivity contribution in [3.05, 3.63) is 23.2 Å². The summed E-state index contributed by atoms with van der Waals surface area (Å²) in [6, 6.07) is 5.80. The van der Waals surface area contributed by atoms with Gasteiger partial charge in [0.2, 0.25) is 5.91 Å². The minimum absolute atomic E-state index is 0.143. The number of halogens is 1. The first-order valence-corrected chi connectivity index (χ1v) is 8.18. The number of likely N-dealkylation sites (N-methyl/N-ethyl adjacent to an activating group) is 1. The number of amides is 1. The first-order valence-electron chi connectivity index (χ1n) is 7.80. The lowest BCUT2D eigenvalue weighted by atomic mass is 9.85. The second-order valence-electron chi connectivity index (χ2n) is 6.22. The van der Waals surface area contributed by atoms with Crippen LogP contribution in [0, 0.1) is 5.92 Å². The molecule has 0 bridgehead atoms. The summed E-state index contributed by atoms with van der Waals surface area (Å²) in [5, 5.41) is 3.76. The largest absolute Gasteiger partial charge is 0.359 e. The van der Waals surface area contributed by atoms with E-state index in [2.05, 4.69) is 17.3 Å². The number of hydrogen-bond donors (Lipinski definition) is 2. The highest BCUT2D eigenvalue weighted by atomic mass is 35.5. The number of carbonyl (C=O) groups is 1. The zero-order valence-electron chi connectivity index (χ0n) is 12.5. The molecule has 21 heavy (non-hydrogen) atoms. The SMILES string of the molecule is C[NH+]1CCN(c2ccc(Cl)cc2NC(=O)C2CCC2)CC1. The van der Waals surface area contributed by atoms with Crippen LogP contribution in [0.2, 0.25) is 5.02 Å². The van der Waals surface area contributed by atoms with Crippen LogP contribution in [0.25, 0.3) is 0 Å². The zero-order valence-corrected chi connectivity index (χ0v) is 13.2. The molecule has 0 atom stereocenters. The molecule has 1 amide bonds. The number of benzene rings is 1. The van der Waals surface area contributed by atoms with Gasteiger partial charge >= 0.3 is 0 Å². The van der Waals surface area contributed by atoms with Crippen molar-refractivity contribution >= 4 is 28.9 Å². The Labute approximate surface area is 131 Å². The fraction of sp³-hybridized carbons (Fsp3) is 0.562. The van der Waals surface area contributed by atoms with Crippen molar-refractivity contribution in [2.24, 2.45) is 5.92 Å². The molecule has 1 saturated carbocycles. The third kappa shape index (κ3) is 3.33. The minimum Gasteiger partial charge on any atom is -0.359 e. The van der Waals surface area contributed by atoms with Crippen LogP contribution in [-0.2, 0) is 4.79 Å². The topological polar surface area (TPSA) is 36.8 Å². The molecule has 5 heteroatoms. The molecule has 1 heterocycles. The van der Waals surface area contributed by atoms with Gasteiger partial charge in [0, 0.05) is 10.9 Å². The standard InChI is InChI=1S/C16H22ClN3O/c1-19-7-9-20(10-8-19)15-6-5-13(17)11-14(15)18-16(21)12-3-2-4-12/h5-6,11-12H,2-4,7-10H2,1H3,(H,18,21)/p+1. The molecule has 1 aromatic rings. The molecule has 1 saturated heterocycles. The average Bonchev–Trinajstić information content (AvgIpc) is 2.38. The van der Waals surface area contributed by atoms with Gasteiger partial charge in [0.25, 0.3) is 0 Å². The molecule has 114 valence electrons. The highest BCUT2D eigenvalue weighted by molar-refractivity contribution is 6.31. The number of quaternary nitrogens is 1. The van der Waals surface area contributed by atoms with E-state index in [4.69, 9.17) is 11.6 Å². The number of piperazine rings is 1. The summed E-state index contributed by atoms with van der Waals surface area (Å²) in [7, 11) is 2.22. The molecule has 0 spiro atoms. The molecule has 3 rings (SSSR count). The highest BCUT2D eigenvalue weighted by Gasteiger charge is 2.27. The summed E-state index contributed by atoms with van der Waals surface area (Å²) in [5.41, 5.74) is 1.96. The van der Waals surface area contributed by atoms with E-state index in [0.29, 0.717) is 5.02 Å². The van der Waals surface area contributed by atoms with Crippen LogP contribution in [0.3, 0.4) is 0 Å². The van der Waals surface area contributed by atoms with Crippen molar-refractivity contribution in [1.29, 1.82) is 0 Å². The van der Waals surface area contributed by atoms with Crippen molar-refractivity contribution in [1.82, 2.24) is 0 Å². The molecular weight excluding hydrogens is 286 g/mol. The summed E-state index contributed by atoms with van der Waals surface area (Å²) >= 11 is 6.12. The summed E-state index contributed by atoms with van der Waals surface area (Å²) in [6.07, 6.45) is 3.20. The molecule has 0 aromatic heterocycles. The summed E-state index contributed by atoms with van der Waals surface area (Å²) in [4.78, 5) is 16.1. The first kappa shape index (κ1) is 14.7. The minimum atomic E-state index is 0.143. The van der Waals surface area contributed by atoms with E-state index < -0.39 is 0 Å². The van der Waals surface area contributed by atoms with E-state index in [1.807, 2.05) is 18.2 Å². The second-order valence-corrected chi connectivity index (χ2v) is 6.66. The number of nitrogens with zero attached hydrogens (tertiary/aromatic N) is 1. The van der Waals surface area contributed by atoms with Crippen molar-refractivity contribution in [2.45, 2.75) is 19.3 Å². The highest BCUT2D eigenvalue weighted by Crippen LogP contribution is 2.32. The lowest BCUT2D eigenvalue weighted by Crippen LogP contribution is -3.12. The molecule has 4 nitrogen and oxygen atoms in total. The molecule has 1 aromatic carbocycles. The fourth-order valence-electron chi connectivity index (χ4n) is 2.92. The maximum absolute atomic E-state index is 12.2. The second kappa shape index (κ2) is 6.24. The van der Waals surface area contributed by atoms with Crippen molar-refractivity contribution in [3.8, 4) is 0 Å². The van der Waals surface area contributed by atoms with E-state index in [-0.39, 0.29) is 11.8 Å². The smallest absolute Gasteiger partial charge is 0.227 e. The Bertz CT molecular complexity index is 522. The predicted octanol–water partition coefficient (Wildman–Crippen LogP) is 1.41.